The zero-order valence-corrected chi connectivity index (χ0v) is 13.2. The largest absolute Gasteiger partial charge is 0.372 e. The van der Waals surface area contributed by atoms with Gasteiger partial charge in [0, 0.05) is 13.5 Å². The van der Waals surface area contributed by atoms with Gasteiger partial charge in [0.15, 0.2) is 0 Å². The second-order valence-electron chi connectivity index (χ2n) is 4.56. The molecule has 0 aliphatic heterocycles. The van der Waals surface area contributed by atoms with Gasteiger partial charge in [-0.2, -0.15) is 0 Å². The average Bonchev–Trinajstić information content (AvgIpc) is 2.42. The summed E-state index contributed by atoms with van der Waals surface area (Å²) < 4.78 is 14.1. The Kier molecular flexibility index (Phi) is 5.06. The number of aryl methyl sites for hydroxylation is 1. The minimum absolute atomic E-state index is 0.234. The molecule has 0 saturated carbocycles. The first kappa shape index (κ1) is 14.9. The van der Waals surface area contributed by atoms with E-state index >= 15 is 0 Å². The number of nitrogens with zero attached hydrogens (tertiary/aromatic N) is 2. The van der Waals surface area contributed by atoms with E-state index in [1.165, 1.54) is 12.1 Å². The second-order valence-corrected chi connectivity index (χ2v) is 5.35. The first-order chi connectivity index (χ1) is 9.63. The van der Waals surface area contributed by atoms with Crippen LogP contribution in [-0.2, 0) is 12.8 Å². The van der Waals surface area contributed by atoms with Crippen LogP contribution in [0.1, 0.15) is 30.4 Å². The molecule has 1 aromatic carbocycles. The number of halogens is 2. The lowest BCUT2D eigenvalue weighted by molar-refractivity contribution is 0.625. The molecular formula is C15H17BrFN3. The van der Waals surface area contributed by atoms with Crippen LogP contribution in [0.15, 0.2) is 28.7 Å². The SMILES string of the molecule is CCCc1nc(Cc2cccc(F)c2)nc(NC)c1Br. The lowest BCUT2D eigenvalue weighted by Crippen LogP contribution is -2.06. The highest BCUT2D eigenvalue weighted by Crippen LogP contribution is 2.25. The molecule has 0 unspecified atom stereocenters. The lowest BCUT2D eigenvalue weighted by atomic mass is 10.1. The van der Waals surface area contributed by atoms with Crippen molar-refractivity contribution in [1.82, 2.24) is 9.97 Å². The highest BCUT2D eigenvalue weighted by atomic mass is 79.9. The van der Waals surface area contributed by atoms with E-state index in [0.29, 0.717) is 12.2 Å². The smallest absolute Gasteiger partial charge is 0.144 e. The van der Waals surface area contributed by atoms with Crippen LogP contribution in [0.3, 0.4) is 0 Å². The second kappa shape index (κ2) is 6.79. The van der Waals surface area contributed by atoms with Gasteiger partial charge in [0.2, 0.25) is 0 Å². The number of anilines is 1. The Hall–Kier alpha value is -1.49. The van der Waals surface area contributed by atoms with Crippen LogP contribution in [0, 0.1) is 5.82 Å². The molecule has 20 heavy (non-hydrogen) atoms. The monoisotopic (exact) mass is 337 g/mol. The molecule has 0 radical (unpaired) electrons. The molecular weight excluding hydrogens is 321 g/mol. The Balaban J connectivity index is 2.34. The number of nitrogens with one attached hydrogen (secondary N) is 1. The normalized spacial score (nSPS) is 10.6. The molecule has 1 N–H and O–H groups in total. The zero-order chi connectivity index (χ0) is 14.5. The van der Waals surface area contributed by atoms with Crippen molar-refractivity contribution in [3.05, 3.63) is 51.6 Å². The van der Waals surface area contributed by atoms with Gasteiger partial charge in [-0.1, -0.05) is 25.5 Å². The summed E-state index contributed by atoms with van der Waals surface area (Å²) in [5.41, 5.74) is 1.86. The molecule has 0 fully saturated rings. The molecule has 5 heteroatoms. The third-order valence-electron chi connectivity index (χ3n) is 2.94. The topological polar surface area (TPSA) is 37.8 Å². The average molecular weight is 338 g/mol. The van der Waals surface area contributed by atoms with Crippen LogP contribution in [0.2, 0.25) is 0 Å². The van der Waals surface area contributed by atoms with Crippen molar-refractivity contribution < 1.29 is 4.39 Å². The summed E-state index contributed by atoms with van der Waals surface area (Å²) in [6, 6.07) is 6.54. The first-order valence-corrected chi connectivity index (χ1v) is 7.40. The fraction of sp³-hybridized carbons (Fsp3) is 0.333. The molecule has 106 valence electrons. The van der Waals surface area contributed by atoms with Crippen molar-refractivity contribution in [3.8, 4) is 0 Å². The Labute approximate surface area is 126 Å². The Bertz CT molecular complexity index is 602. The van der Waals surface area contributed by atoms with Crippen molar-refractivity contribution >= 4 is 21.7 Å². The van der Waals surface area contributed by atoms with Crippen molar-refractivity contribution in [2.24, 2.45) is 0 Å². The fourth-order valence-electron chi connectivity index (χ4n) is 2.02. The van der Waals surface area contributed by atoms with Gasteiger partial charge < -0.3 is 5.32 Å². The molecule has 0 saturated heterocycles. The third-order valence-corrected chi connectivity index (χ3v) is 3.77. The van der Waals surface area contributed by atoms with Crippen LogP contribution < -0.4 is 5.32 Å². The highest BCUT2D eigenvalue weighted by Gasteiger charge is 2.11. The molecule has 0 aliphatic rings. The van der Waals surface area contributed by atoms with Gasteiger partial charge in [-0.05, 0) is 40.0 Å². The molecule has 2 aromatic rings. The van der Waals surface area contributed by atoms with E-state index in [0.717, 1.165) is 34.4 Å². The van der Waals surface area contributed by atoms with E-state index < -0.39 is 0 Å². The minimum atomic E-state index is -0.234. The Morgan fingerprint density at radius 2 is 2.10 bits per heavy atom. The molecule has 3 nitrogen and oxygen atoms in total. The summed E-state index contributed by atoms with van der Waals surface area (Å²) >= 11 is 3.53. The van der Waals surface area contributed by atoms with E-state index in [9.17, 15) is 4.39 Å². The summed E-state index contributed by atoms with van der Waals surface area (Å²) in [5, 5.41) is 3.06. The van der Waals surface area contributed by atoms with Gasteiger partial charge in [-0.3, -0.25) is 0 Å². The third kappa shape index (κ3) is 3.54. The standard InChI is InChI=1S/C15H17BrFN3/c1-3-5-12-14(16)15(18-2)20-13(19-12)9-10-6-4-7-11(17)8-10/h4,6-8H,3,5,9H2,1-2H3,(H,18,19,20). The van der Waals surface area contributed by atoms with E-state index in [-0.39, 0.29) is 5.82 Å². The molecule has 0 atom stereocenters. The van der Waals surface area contributed by atoms with Gasteiger partial charge in [0.05, 0.1) is 10.2 Å². The maximum absolute atomic E-state index is 13.2. The predicted molar refractivity (Wildman–Crippen MR) is 82.5 cm³/mol. The molecule has 0 spiro atoms. The Morgan fingerprint density at radius 3 is 2.75 bits per heavy atom. The predicted octanol–water partition coefficient (Wildman–Crippen LogP) is 3.96. The lowest BCUT2D eigenvalue weighted by Gasteiger charge is -2.10. The maximum Gasteiger partial charge on any atom is 0.144 e. The maximum atomic E-state index is 13.2. The molecule has 0 aliphatic carbocycles. The molecule has 2 rings (SSSR count). The number of aromatic nitrogens is 2. The molecule has 1 heterocycles. The summed E-state index contributed by atoms with van der Waals surface area (Å²) in [5.74, 6) is 1.24. The van der Waals surface area contributed by atoms with Gasteiger partial charge in [0.25, 0.3) is 0 Å². The van der Waals surface area contributed by atoms with E-state index in [1.807, 2.05) is 13.1 Å². The summed E-state index contributed by atoms with van der Waals surface area (Å²) in [6.45, 7) is 2.11. The number of hydrogen-bond donors (Lipinski definition) is 1. The van der Waals surface area contributed by atoms with E-state index in [4.69, 9.17) is 0 Å². The van der Waals surface area contributed by atoms with Gasteiger partial charge in [-0.15, -0.1) is 0 Å². The minimum Gasteiger partial charge on any atom is -0.372 e. The molecule has 0 bridgehead atoms. The first-order valence-electron chi connectivity index (χ1n) is 6.61. The number of rotatable bonds is 5. The number of hydrogen-bond acceptors (Lipinski definition) is 3. The summed E-state index contributed by atoms with van der Waals surface area (Å²) in [6.07, 6.45) is 2.42. The number of benzene rings is 1. The fourth-order valence-corrected chi connectivity index (χ4v) is 2.60. The summed E-state index contributed by atoms with van der Waals surface area (Å²) in [4.78, 5) is 9.04. The van der Waals surface area contributed by atoms with Crippen molar-refractivity contribution in [2.45, 2.75) is 26.2 Å². The van der Waals surface area contributed by atoms with Crippen molar-refractivity contribution in [1.29, 1.82) is 0 Å². The zero-order valence-electron chi connectivity index (χ0n) is 11.6. The van der Waals surface area contributed by atoms with Crippen LogP contribution in [0.5, 0.6) is 0 Å². The summed E-state index contributed by atoms with van der Waals surface area (Å²) in [7, 11) is 1.83. The van der Waals surface area contributed by atoms with Gasteiger partial charge in [0.1, 0.15) is 17.5 Å². The van der Waals surface area contributed by atoms with Crippen LogP contribution >= 0.6 is 15.9 Å². The van der Waals surface area contributed by atoms with Crippen molar-refractivity contribution in [2.75, 3.05) is 12.4 Å². The molecule has 1 aromatic heterocycles. The van der Waals surface area contributed by atoms with E-state index in [1.54, 1.807) is 6.07 Å². The molecule has 0 amide bonds. The van der Waals surface area contributed by atoms with Gasteiger partial charge >= 0.3 is 0 Å². The van der Waals surface area contributed by atoms with Gasteiger partial charge in [-0.25, -0.2) is 14.4 Å². The highest BCUT2D eigenvalue weighted by molar-refractivity contribution is 9.10. The quantitative estimate of drug-likeness (QED) is 0.897. The van der Waals surface area contributed by atoms with Crippen molar-refractivity contribution in [3.63, 3.8) is 0 Å². The Morgan fingerprint density at radius 1 is 1.30 bits per heavy atom. The van der Waals surface area contributed by atoms with Crippen LogP contribution in [0.25, 0.3) is 0 Å². The van der Waals surface area contributed by atoms with E-state index in [2.05, 4.69) is 38.1 Å². The van der Waals surface area contributed by atoms with Crippen LogP contribution in [0.4, 0.5) is 10.2 Å². The van der Waals surface area contributed by atoms with Crippen LogP contribution in [-0.4, -0.2) is 17.0 Å².